The minimum absolute atomic E-state index is 0.0130. The van der Waals surface area contributed by atoms with E-state index >= 15 is 0 Å². The van der Waals surface area contributed by atoms with Gasteiger partial charge in [0.2, 0.25) is 5.91 Å². The number of aromatic nitrogens is 2. The summed E-state index contributed by atoms with van der Waals surface area (Å²) >= 11 is 5.77. The molecule has 1 aliphatic rings. The first kappa shape index (κ1) is 19.6. The van der Waals surface area contributed by atoms with Crippen LogP contribution in [0.15, 0.2) is 53.6 Å². The standard InChI is InChI=1S/C22H21ClFN3O2/c23-18-11-16(9-10-19(18)24)26-21(28)15-7-5-14(6-8-15)12-27-13-25-20-4-2-1-3-17(20)22(27)29/h1-4,9-11,13-15H,5-8,12H2,(H,26,28). The van der Waals surface area contributed by atoms with Crippen LogP contribution in [0, 0.1) is 17.7 Å². The lowest BCUT2D eigenvalue weighted by atomic mass is 9.81. The van der Waals surface area contributed by atoms with Gasteiger partial charge in [-0.05, 0) is 61.9 Å². The minimum Gasteiger partial charge on any atom is -0.326 e. The average molecular weight is 414 g/mol. The van der Waals surface area contributed by atoms with Gasteiger partial charge in [0.05, 0.1) is 22.3 Å². The number of carbonyl (C=O) groups is 1. The maximum absolute atomic E-state index is 13.3. The zero-order valence-electron chi connectivity index (χ0n) is 15.8. The molecule has 29 heavy (non-hydrogen) atoms. The van der Waals surface area contributed by atoms with Gasteiger partial charge in [-0.1, -0.05) is 23.7 Å². The summed E-state index contributed by atoms with van der Waals surface area (Å²) in [5.74, 6) is -0.347. The van der Waals surface area contributed by atoms with Gasteiger partial charge in [-0.25, -0.2) is 9.37 Å². The van der Waals surface area contributed by atoms with Crippen molar-refractivity contribution in [1.29, 1.82) is 0 Å². The number of carbonyl (C=O) groups excluding carboxylic acids is 1. The van der Waals surface area contributed by atoms with E-state index < -0.39 is 5.82 Å². The van der Waals surface area contributed by atoms with E-state index in [9.17, 15) is 14.0 Å². The maximum Gasteiger partial charge on any atom is 0.261 e. The fourth-order valence-corrected chi connectivity index (χ4v) is 4.12. The molecule has 0 saturated heterocycles. The van der Waals surface area contributed by atoms with Gasteiger partial charge >= 0.3 is 0 Å². The highest BCUT2D eigenvalue weighted by Gasteiger charge is 2.27. The zero-order chi connectivity index (χ0) is 20.4. The molecule has 150 valence electrons. The monoisotopic (exact) mass is 413 g/mol. The lowest BCUT2D eigenvalue weighted by molar-refractivity contribution is -0.121. The van der Waals surface area contributed by atoms with Gasteiger partial charge in [-0.15, -0.1) is 0 Å². The van der Waals surface area contributed by atoms with Crippen LogP contribution in [0.25, 0.3) is 10.9 Å². The van der Waals surface area contributed by atoms with Gasteiger partial charge in [0.15, 0.2) is 0 Å². The summed E-state index contributed by atoms with van der Waals surface area (Å²) in [6, 6.07) is 11.5. The Morgan fingerprint density at radius 2 is 1.93 bits per heavy atom. The van der Waals surface area contributed by atoms with Crippen LogP contribution in [0.2, 0.25) is 5.02 Å². The number of amides is 1. The second kappa shape index (κ2) is 8.33. The Bertz CT molecular complexity index is 1110. The third-order valence-electron chi connectivity index (χ3n) is 5.59. The number of anilines is 1. The van der Waals surface area contributed by atoms with Crippen molar-refractivity contribution < 1.29 is 9.18 Å². The zero-order valence-corrected chi connectivity index (χ0v) is 16.5. The van der Waals surface area contributed by atoms with Crippen LogP contribution >= 0.6 is 11.6 Å². The lowest BCUT2D eigenvalue weighted by Gasteiger charge is -2.28. The van der Waals surface area contributed by atoms with Crippen molar-refractivity contribution in [3.8, 4) is 0 Å². The van der Waals surface area contributed by atoms with E-state index in [2.05, 4.69) is 10.3 Å². The summed E-state index contributed by atoms with van der Waals surface area (Å²) in [7, 11) is 0. The number of rotatable bonds is 4. The molecule has 1 fully saturated rings. The number of hydrogen-bond acceptors (Lipinski definition) is 3. The topological polar surface area (TPSA) is 64.0 Å². The molecule has 0 unspecified atom stereocenters. The van der Waals surface area contributed by atoms with Crippen LogP contribution in [0.3, 0.4) is 0 Å². The fraction of sp³-hybridized carbons (Fsp3) is 0.318. The highest BCUT2D eigenvalue weighted by molar-refractivity contribution is 6.31. The van der Waals surface area contributed by atoms with Crippen LogP contribution in [-0.4, -0.2) is 15.5 Å². The molecule has 0 radical (unpaired) electrons. The van der Waals surface area contributed by atoms with E-state index in [1.54, 1.807) is 17.0 Å². The van der Waals surface area contributed by atoms with Crippen molar-refractivity contribution in [2.24, 2.45) is 11.8 Å². The molecule has 2 aromatic carbocycles. The van der Waals surface area contributed by atoms with E-state index in [0.717, 1.165) is 25.7 Å². The Morgan fingerprint density at radius 3 is 2.69 bits per heavy atom. The Morgan fingerprint density at radius 1 is 1.17 bits per heavy atom. The largest absolute Gasteiger partial charge is 0.326 e. The summed E-state index contributed by atoms with van der Waals surface area (Å²) in [6.45, 7) is 0.610. The summed E-state index contributed by atoms with van der Waals surface area (Å²) in [5, 5.41) is 3.43. The minimum atomic E-state index is -0.511. The lowest BCUT2D eigenvalue weighted by Crippen LogP contribution is -2.30. The summed E-state index contributed by atoms with van der Waals surface area (Å²) in [4.78, 5) is 29.5. The smallest absolute Gasteiger partial charge is 0.261 e. The third-order valence-corrected chi connectivity index (χ3v) is 5.88. The summed E-state index contributed by atoms with van der Waals surface area (Å²) < 4.78 is 14.9. The summed E-state index contributed by atoms with van der Waals surface area (Å²) in [6.07, 6.45) is 4.84. The van der Waals surface area contributed by atoms with Gasteiger partial charge in [0.25, 0.3) is 5.56 Å². The van der Waals surface area contributed by atoms with Gasteiger partial charge in [-0.2, -0.15) is 0 Å². The van der Waals surface area contributed by atoms with Crippen molar-refractivity contribution in [1.82, 2.24) is 9.55 Å². The second-order valence-electron chi connectivity index (χ2n) is 7.56. The molecular formula is C22H21ClFN3O2. The van der Waals surface area contributed by atoms with Crippen molar-refractivity contribution in [2.45, 2.75) is 32.2 Å². The predicted octanol–water partition coefficient (Wildman–Crippen LogP) is 4.63. The van der Waals surface area contributed by atoms with Crippen LogP contribution in [0.1, 0.15) is 25.7 Å². The van der Waals surface area contributed by atoms with Gasteiger partial charge in [-0.3, -0.25) is 14.2 Å². The van der Waals surface area contributed by atoms with E-state index in [1.807, 2.05) is 18.2 Å². The molecule has 4 rings (SSSR count). The van der Waals surface area contributed by atoms with Crippen LogP contribution < -0.4 is 10.9 Å². The molecule has 3 aromatic rings. The molecule has 1 N–H and O–H groups in total. The van der Waals surface area contributed by atoms with Crippen molar-refractivity contribution in [2.75, 3.05) is 5.32 Å². The van der Waals surface area contributed by atoms with Crippen LogP contribution in [-0.2, 0) is 11.3 Å². The third kappa shape index (κ3) is 4.32. The number of nitrogens with zero attached hydrogens (tertiary/aromatic N) is 2. The fourth-order valence-electron chi connectivity index (χ4n) is 3.94. The Hall–Kier alpha value is -2.73. The first-order chi connectivity index (χ1) is 14.0. The summed E-state index contributed by atoms with van der Waals surface area (Å²) in [5.41, 5.74) is 1.18. The molecule has 0 atom stereocenters. The van der Waals surface area contributed by atoms with Crippen LogP contribution in [0.5, 0.6) is 0 Å². The molecule has 1 amide bonds. The molecule has 7 heteroatoms. The first-order valence-electron chi connectivity index (χ1n) is 9.71. The highest BCUT2D eigenvalue weighted by atomic mass is 35.5. The Labute approximate surface area is 172 Å². The SMILES string of the molecule is O=C(Nc1ccc(F)c(Cl)c1)C1CCC(Cn2cnc3ccccc3c2=O)CC1. The molecule has 1 aromatic heterocycles. The van der Waals surface area contributed by atoms with Crippen LogP contribution in [0.4, 0.5) is 10.1 Å². The molecule has 5 nitrogen and oxygen atoms in total. The Kier molecular flexibility index (Phi) is 5.62. The molecular weight excluding hydrogens is 393 g/mol. The average Bonchev–Trinajstić information content (AvgIpc) is 2.73. The molecule has 0 spiro atoms. The quantitative estimate of drug-likeness (QED) is 0.678. The van der Waals surface area contributed by atoms with E-state index in [-0.39, 0.29) is 22.4 Å². The number of halogens is 2. The van der Waals surface area contributed by atoms with Crippen molar-refractivity contribution in [3.05, 3.63) is 70.0 Å². The predicted molar refractivity (Wildman–Crippen MR) is 111 cm³/mol. The number of benzene rings is 2. The second-order valence-corrected chi connectivity index (χ2v) is 7.96. The normalized spacial score (nSPS) is 19.2. The first-order valence-corrected chi connectivity index (χ1v) is 10.1. The Balaban J connectivity index is 1.36. The number of para-hydroxylation sites is 1. The maximum atomic E-state index is 13.3. The van der Waals surface area contributed by atoms with Gasteiger partial charge in [0, 0.05) is 18.2 Å². The highest BCUT2D eigenvalue weighted by Crippen LogP contribution is 2.31. The van der Waals surface area contributed by atoms with Gasteiger partial charge in [0.1, 0.15) is 5.82 Å². The van der Waals surface area contributed by atoms with E-state index in [1.165, 1.54) is 18.2 Å². The number of hydrogen-bond donors (Lipinski definition) is 1. The molecule has 1 saturated carbocycles. The van der Waals surface area contributed by atoms with Crippen molar-refractivity contribution in [3.63, 3.8) is 0 Å². The molecule has 1 aliphatic carbocycles. The number of nitrogens with one attached hydrogen (secondary N) is 1. The number of fused-ring (bicyclic) bond motifs is 1. The van der Waals surface area contributed by atoms with Crippen molar-refractivity contribution >= 4 is 34.1 Å². The molecule has 0 aliphatic heterocycles. The van der Waals surface area contributed by atoms with E-state index in [0.29, 0.717) is 29.1 Å². The molecule has 1 heterocycles. The van der Waals surface area contributed by atoms with Gasteiger partial charge < -0.3 is 5.32 Å². The van der Waals surface area contributed by atoms with E-state index in [4.69, 9.17) is 11.6 Å². The molecule has 0 bridgehead atoms.